The first kappa shape index (κ1) is 16.4. The molecule has 0 aliphatic rings. The lowest BCUT2D eigenvalue weighted by atomic mass is 10.2. The van der Waals surface area contributed by atoms with Crippen LogP contribution in [0.15, 0.2) is 40.8 Å². The highest BCUT2D eigenvalue weighted by molar-refractivity contribution is 6.02. The molecule has 1 amide bonds. The van der Waals surface area contributed by atoms with Crippen LogP contribution in [0, 0.1) is 6.92 Å². The van der Waals surface area contributed by atoms with Crippen LogP contribution in [0.1, 0.15) is 21.9 Å². The Hall–Kier alpha value is -3.02. The average molecular weight is 315 g/mol. The summed E-state index contributed by atoms with van der Waals surface area (Å²) in [5, 5.41) is 2.70. The highest BCUT2D eigenvalue weighted by atomic mass is 16.5. The Morgan fingerprint density at radius 3 is 2.65 bits per heavy atom. The van der Waals surface area contributed by atoms with Crippen LogP contribution in [0.2, 0.25) is 0 Å². The molecule has 0 atom stereocenters. The van der Waals surface area contributed by atoms with E-state index in [1.165, 1.54) is 32.4 Å². The van der Waals surface area contributed by atoms with Gasteiger partial charge in [0.05, 0.1) is 19.9 Å². The molecule has 0 aliphatic heterocycles. The van der Waals surface area contributed by atoms with Crippen molar-refractivity contribution in [2.75, 3.05) is 19.5 Å². The van der Waals surface area contributed by atoms with Crippen LogP contribution >= 0.6 is 0 Å². The summed E-state index contributed by atoms with van der Waals surface area (Å²) in [6.45, 7) is 1.65. The Morgan fingerprint density at radius 2 is 1.96 bits per heavy atom. The van der Waals surface area contributed by atoms with E-state index in [1.54, 1.807) is 25.1 Å². The van der Waals surface area contributed by atoms with Crippen molar-refractivity contribution >= 4 is 23.6 Å². The number of rotatable bonds is 5. The van der Waals surface area contributed by atoms with Gasteiger partial charge in [0.25, 0.3) is 0 Å². The lowest BCUT2D eigenvalue weighted by Crippen LogP contribution is -2.08. The highest BCUT2D eigenvalue weighted by Gasteiger charge is 2.14. The number of esters is 1. The average Bonchev–Trinajstić information content (AvgIpc) is 2.93. The van der Waals surface area contributed by atoms with Crippen molar-refractivity contribution in [2.24, 2.45) is 0 Å². The number of methoxy groups -OCH3 is 2. The Morgan fingerprint density at radius 1 is 1.22 bits per heavy atom. The minimum absolute atomic E-state index is 0.331. The van der Waals surface area contributed by atoms with Gasteiger partial charge in [0.15, 0.2) is 0 Å². The molecule has 0 saturated carbocycles. The van der Waals surface area contributed by atoms with Crippen LogP contribution in [-0.4, -0.2) is 26.1 Å². The normalized spacial score (nSPS) is 10.6. The monoisotopic (exact) mass is 315 g/mol. The maximum absolute atomic E-state index is 11.9. The van der Waals surface area contributed by atoms with E-state index < -0.39 is 5.97 Å². The number of hydrogen-bond donors (Lipinski definition) is 1. The van der Waals surface area contributed by atoms with E-state index in [-0.39, 0.29) is 5.91 Å². The van der Waals surface area contributed by atoms with Gasteiger partial charge in [-0.2, -0.15) is 0 Å². The summed E-state index contributed by atoms with van der Waals surface area (Å²) in [5.41, 5.74) is 0.896. The first-order chi connectivity index (χ1) is 11.0. The SMILES string of the molecule is COC(=O)c1cc(/C=C/C(=O)Nc2ccccc2OC)oc1C. The molecule has 23 heavy (non-hydrogen) atoms. The van der Waals surface area contributed by atoms with Crippen LogP contribution < -0.4 is 10.1 Å². The Bertz CT molecular complexity index is 745. The fourth-order valence-electron chi connectivity index (χ4n) is 1.98. The predicted molar refractivity (Wildman–Crippen MR) is 85.4 cm³/mol. The van der Waals surface area contributed by atoms with Gasteiger partial charge >= 0.3 is 5.97 Å². The minimum atomic E-state index is -0.482. The summed E-state index contributed by atoms with van der Waals surface area (Å²) < 4.78 is 15.2. The molecule has 1 N–H and O–H groups in total. The van der Waals surface area contributed by atoms with Crippen LogP contribution in [0.3, 0.4) is 0 Å². The molecule has 1 heterocycles. The largest absolute Gasteiger partial charge is 0.495 e. The second-order valence-corrected chi connectivity index (χ2v) is 4.63. The van der Waals surface area contributed by atoms with Gasteiger partial charge in [-0.3, -0.25) is 4.79 Å². The van der Waals surface area contributed by atoms with E-state index in [1.807, 2.05) is 6.07 Å². The standard InChI is InChI=1S/C17H17NO5/c1-11-13(17(20)22-3)10-12(23-11)8-9-16(19)18-14-6-4-5-7-15(14)21-2/h4-10H,1-3H3,(H,18,19)/b9-8+. The third-order valence-corrected chi connectivity index (χ3v) is 3.11. The molecule has 0 fully saturated rings. The minimum Gasteiger partial charge on any atom is -0.495 e. The van der Waals surface area contributed by atoms with Gasteiger partial charge in [0.2, 0.25) is 5.91 Å². The second kappa shape index (κ2) is 7.31. The van der Waals surface area contributed by atoms with Crippen molar-refractivity contribution in [1.82, 2.24) is 0 Å². The zero-order chi connectivity index (χ0) is 16.8. The molecule has 0 radical (unpaired) electrons. The molecule has 0 unspecified atom stereocenters. The van der Waals surface area contributed by atoms with Crippen LogP contribution in [-0.2, 0) is 9.53 Å². The molecule has 120 valence electrons. The van der Waals surface area contributed by atoms with E-state index >= 15 is 0 Å². The highest BCUT2D eigenvalue weighted by Crippen LogP contribution is 2.23. The van der Waals surface area contributed by atoms with Gasteiger partial charge in [0.1, 0.15) is 22.8 Å². The summed E-state index contributed by atoms with van der Waals surface area (Å²) in [6, 6.07) is 8.60. The number of carbonyl (C=O) groups is 2. The lowest BCUT2D eigenvalue weighted by Gasteiger charge is -2.07. The molecule has 0 spiro atoms. The number of aryl methyl sites for hydroxylation is 1. The van der Waals surface area contributed by atoms with Gasteiger partial charge in [-0.25, -0.2) is 4.79 Å². The van der Waals surface area contributed by atoms with E-state index in [2.05, 4.69) is 10.1 Å². The van der Waals surface area contributed by atoms with Crippen molar-refractivity contribution in [3.8, 4) is 5.75 Å². The summed E-state index contributed by atoms with van der Waals surface area (Å²) >= 11 is 0. The molecule has 2 rings (SSSR count). The molecule has 1 aromatic heterocycles. The van der Waals surface area contributed by atoms with E-state index in [4.69, 9.17) is 9.15 Å². The molecule has 6 heteroatoms. The lowest BCUT2D eigenvalue weighted by molar-refractivity contribution is -0.111. The van der Waals surface area contributed by atoms with Crippen molar-refractivity contribution in [3.63, 3.8) is 0 Å². The quantitative estimate of drug-likeness (QED) is 0.678. The number of benzene rings is 1. The van der Waals surface area contributed by atoms with Gasteiger partial charge in [-0.05, 0) is 31.2 Å². The topological polar surface area (TPSA) is 77.8 Å². The third-order valence-electron chi connectivity index (χ3n) is 3.11. The Balaban J connectivity index is 2.08. The summed E-state index contributed by atoms with van der Waals surface area (Å²) in [5.74, 6) is 0.559. The van der Waals surface area contributed by atoms with Gasteiger partial charge in [-0.15, -0.1) is 0 Å². The molecule has 0 aliphatic carbocycles. The molecule has 0 bridgehead atoms. The van der Waals surface area contributed by atoms with Crippen LogP contribution in [0.5, 0.6) is 5.75 Å². The smallest absolute Gasteiger partial charge is 0.341 e. The number of nitrogens with one attached hydrogen (secondary N) is 1. The fourth-order valence-corrected chi connectivity index (χ4v) is 1.98. The predicted octanol–water partition coefficient (Wildman–Crippen LogP) is 3.04. The first-order valence-corrected chi connectivity index (χ1v) is 6.86. The number of amides is 1. The molecule has 2 aromatic rings. The molecule has 1 aromatic carbocycles. The summed E-state index contributed by atoms with van der Waals surface area (Å²) in [6.07, 6.45) is 2.79. The maximum atomic E-state index is 11.9. The van der Waals surface area contributed by atoms with Crippen molar-refractivity contribution in [3.05, 3.63) is 53.5 Å². The second-order valence-electron chi connectivity index (χ2n) is 4.63. The number of anilines is 1. The van der Waals surface area contributed by atoms with Crippen molar-refractivity contribution < 1.29 is 23.5 Å². The summed E-state index contributed by atoms with van der Waals surface area (Å²) in [4.78, 5) is 23.4. The molecular formula is C17H17NO5. The summed E-state index contributed by atoms with van der Waals surface area (Å²) in [7, 11) is 2.83. The van der Waals surface area contributed by atoms with Crippen molar-refractivity contribution in [1.29, 1.82) is 0 Å². The van der Waals surface area contributed by atoms with Crippen LogP contribution in [0.4, 0.5) is 5.69 Å². The maximum Gasteiger partial charge on any atom is 0.341 e. The molecule has 0 saturated heterocycles. The van der Waals surface area contributed by atoms with Gasteiger partial charge < -0.3 is 19.2 Å². The van der Waals surface area contributed by atoms with Crippen LogP contribution in [0.25, 0.3) is 6.08 Å². The molecule has 6 nitrogen and oxygen atoms in total. The van der Waals surface area contributed by atoms with Gasteiger partial charge in [-0.1, -0.05) is 12.1 Å². The number of furan rings is 1. The van der Waals surface area contributed by atoms with Crippen molar-refractivity contribution in [2.45, 2.75) is 6.92 Å². The fraction of sp³-hybridized carbons (Fsp3) is 0.176. The van der Waals surface area contributed by atoms with E-state index in [9.17, 15) is 9.59 Å². The third kappa shape index (κ3) is 4.00. The van der Waals surface area contributed by atoms with Gasteiger partial charge in [0, 0.05) is 6.08 Å². The van der Waals surface area contributed by atoms with E-state index in [0.29, 0.717) is 28.5 Å². The Labute approximate surface area is 133 Å². The number of ether oxygens (including phenoxy) is 2. The van der Waals surface area contributed by atoms with E-state index in [0.717, 1.165) is 0 Å². The first-order valence-electron chi connectivity index (χ1n) is 6.86. The zero-order valence-electron chi connectivity index (χ0n) is 13.1. The number of para-hydroxylation sites is 2. The number of carbonyl (C=O) groups excluding carboxylic acids is 2. The number of hydrogen-bond acceptors (Lipinski definition) is 5. The Kier molecular flexibility index (Phi) is 5.19. The zero-order valence-corrected chi connectivity index (χ0v) is 13.1. The molecular weight excluding hydrogens is 298 g/mol.